The van der Waals surface area contributed by atoms with Gasteiger partial charge >= 0.3 is 0 Å². The van der Waals surface area contributed by atoms with Crippen molar-refractivity contribution in [3.05, 3.63) is 63.2 Å². The van der Waals surface area contributed by atoms with Crippen LogP contribution in [0.5, 0.6) is 0 Å². The van der Waals surface area contributed by atoms with Crippen molar-refractivity contribution in [2.75, 3.05) is 6.61 Å². The second-order valence-electron chi connectivity index (χ2n) is 5.00. The van der Waals surface area contributed by atoms with Gasteiger partial charge < -0.3 is 10.5 Å². The Bertz CT molecular complexity index is 936. The van der Waals surface area contributed by atoms with E-state index in [0.29, 0.717) is 17.2 Å². The molecule has 0 aliphatic carbocycles. The normalized spacial score (nSPS) is 15.6. The fraction of sp³-hybridized carbons (Fsp3) is 0.111. The molecule has 2 rings (SSSR count). The molecule has 144 valence electrons. The van der Waals surface area contributed by atoms with Gasteiger partial charge in [-0.1, -0.05) is 63.2 Å². The first-order valence-corrected chi connectivity index (χ1v) is 14.3. The van der Waals surface area contributed by atoms with Crippen LogP contribution in [0.3, 0.4) is 0 Å². The molecule has 1 aliphatic rings. The molecule has 0 radical (unpaired) electrons. The SMILES string of the molecule is C=CC(=CC)COC1=IC(Br)=CI=C1N=C(N)C(=N)c1cccc(I)c1Cl. The molecule has 0 aromatic heterocycles. The number of nitrogens with two attached hydrogens (primary N) is 1. The summed E-state index contributed by atoms with van der Waals surface area (Å²) in [4.78, 5) is 4.56. The highest BCUT2D eigenvalue weighted by Crippen LogP contribution is 2.33. The van der Waals surface area contributed by atoms with Crippen molar-refractivity contribution in [3.8, 4) is 0 Å². The molecule has 1 heterocycles. The third-order valence-corrected chi connectivity index (χ3v) is 13.6. The molecule has 27 heavy (non-hydrogen) atoms. The zero-order valence-electron chi connectivity index (χ0n) is 14.2. The van der Waals surface area contributed by atoms with E-state index in [-0.39, 0.29) is 11.5 Å². The molecule has 3 N–H and O–H groups in total. The summed E-state index contributed by atoms with van der Waals surface area (Å²) in [5.74, 6) is 0.153. The Morgan fingerprint density at radius 1 is 1.52 bits per heavy atom. The minimum absolute atomic E-state index is 0.126. The predicted molar refractivity (Wildman–Crippen MR) is 148 cm³/mol. The number of halogens is 5. The van der Waals surface area contributed by atoms with Crippen LogP contribution in [0.25, 0.3) is 0 Å². The van der Waals surface area contributed by atoms with E-state index >= 15 is 0 Å². The topological polar surface area (TPSA) is 71.5 Å². The molecule has 0 spiro atoms. The Hall–Kier alpha value is 0.240. The smallest absolute Gasteiger partial charge is 0.150 e. The zero-order valence-corrected chi connectivity index (χ0v) is 23.0. The summed E-state index contributed by atoms with van der Waals surface area (Å²) in [7, 11) is 0. The highest BCUT2D eigenvalue weighted by atomic mass is 127. The summed E-state index contributed by atoms with van der Waals surface area (Å²) >= 11 is 11.1. The number of amidine groups is 1. The Labute approximate surface area is 205 Å². The number of aliphatic imine (C=N–C) groups is 1. The fourth-order valence-corrected chi connectivity index (χ4v) is 9.67. The van der Waals surface area contributed by atoms with Gasteiger partial charge in [-0.05, 0) is 81.9 Å². The molecule has 0 saturated carbocycles. The van der Waals surface area contributed by atoms with Gasteiger partial charge in [0, 0.05) is 9.13 Å². The molecule has 0 unspecified atom stereocenters. The van der Waals surface area contributed by atoms with E-state index in [1.54, 1.807) is 12.1 Å². The molecule has 1 aromatic rings. The monoisotopic (exact) mass is 785 g/mol. The van der Waals surface area contributed by atoms with Gasteiger partial charge in [-0.15, -0.1) is 0 Å². The fourth-order valence-electron chi connectivity index (χ4n) is 1.84. The molecular formula is C18H16BrClI3N3O. The highest BCUT2D eigenvalue weighted by molar-refractivity contribution is 14.2. The number of benzene rings is 1. The Kier molecular flexibility index (Phi) is 9.96. The average molecular weight is 786 g/mol. The quantitative estimate of drug-likeness (QED) is 0.149. The number of ether oxygens (including phenoxy) is 1. The van der Waals surface area contributed by atoms with Gasteiger partial charge in [0.1, 0.15) is 13.0 Å². The number of allylic oxidation sites excluding steroid dienone is 1. The van der Waals surface area contributed by atoms with Gasteiger partial charge in [0.25, 0.3) is 0 Å². The molecule has 0 fully saturated rings. The first-order valence-electron chi connectivity index (χ1n) is 7.53. The van der Waals surface area contributed by atoms with Gasteiger partial charge in [0.2, 0.25) is 0 Å². The molecule has 0 amide bonds. The van der Waals surface area contributed by atoms with Crippen molar-refractivity contribution in [1.82, 2.24) is 0 Å². The minimum atomic E-state index is -0.487. The van der Waals surface area contributed by atoms with Crippen LogP contribution in [0.1, 0.15) is 12.5 Å². The van der Waals surface area contributed by atoms with Crippen LogP contribution >= 0.6 is 91.6 Å². The van der Waals surface area contributed by atoms with Gasteiger partial charge in [-0.3, -0.25) is 5.41 Å². The van der Waals surface area contributed by atoms with Crippen LogP contribution in [-0.4, -0.2) is 25.5 Å². The van der Waals surface area contributed by atoms with Crippen LogP contribution in [0, 0.1) is 8.98 Å². The van der Waals surface area contributed by atoms with E-state index in [1.807, 2.05) is 25.1 Å². The summed E-state index contributed by atoms with van der Waals surface area (Å²) in [6.07, 6.45) is 3.76. The summed E-state index contributed by atoms with van der Waals surface area (Å²) in [5, 5.41) is 8.91. The van der Waals surface area contributed by atoms with E-state index < -0.39 is 41.5 Å². The summed E-state index contributed by atoms with van der Waals surface area (Å²) in [6.45, 7) is 6.20. The number of nitrogens with zero attached hydrogens (tertiary/aromatic N) is 1. The standard InChI is InChI=1S/C18H16BrClI3N3O/c1-3-10(4-2)9-27-17-16(22-8-13(19)23-17)26-18(25)15(24)11-6-5-7-12(21)14(11)20/h3-8,24H,1,9H2,2H3,(H2,25,26). The van der Waals surface area contributed by atoms with E-state index in [2.05, 4.69) is 54.2 Å². The molecule has 0 saturated heterocycles. The Morgan fingerprint density at radius 3 is 2.93 bits per heavy atom. The maximum absolute atomic E-state index is 8.39. The average Bonchev–Trinajstić information content (AvgIpc) is 2.66. The molecule has 1 aliphatic heterocycles. The molecule has 9 heteroatoms. The largest absolute Gasteiger partial charge is 0.382 e. The van der Waals surface area contributed by atoms with Gasteiger partial charge in [-0.25, -0.2) is 4.99 Å². The van der Waals surface area contributed by atoms with Crippen LogP contribution in [0.2, 0.25) is 5.02 Å². The molecule has 0 atom stereocenters. The number of nitrogens with one attached hydrogen (secondary N) is 1. The Morgan fingerprint density at radius 2 is 2.26 bits per heavy atom. The third kappa shape index (κ3) is 6.63. The van der Waals surface area contributed by atoms with Gasteiger partial charge in [0.15, 0.2) is 5.84 Å². The lowest BCUT2D eigenvalue weighted by Gasteiger charge is -2.13. The van der Waals surface area contributed by atoms with E-state index in [1.165, 1.54) is 2.49 Å². The van der Waals surface area contributed by atoms with Crippen LogP contribution in [0.15, 0.2) is 54.1 Å². The molecule has 1 aromatic carbocycles. The van der Waals surface area contributed by atoms with Crippen molar-refractivity contribution in [3.63, 3.8) is 0 Å². The predicted octanol–water partition coefficient (Wildman–Crippen LogP) is 6.23. The van der Waals surface area contributed by atoms with E-state index in [9.17, 15) is 0 Å². The lowest BCUT2D eigenvalue weighted by atomic mass is 10.1. The maximum atomic E-state index is 8.39. The number of rotatable bonds is 7. The lowest BCUT2D eigenvalue weighted by Crippen LogP contribution is -2.27. The van der Waals surface area contributed by atoms with Crippen LogP contribution in [0.4, 0.5) is 0 Å². The van der Waals surface area contributed by atoms with Crippen LogP contribution < -0.4 is 5.73 Å². The maximum Gasteiger partial charge on any atom is 0.150 e. The van der Waals surface area contributed by atoms with Crippen molar-refractivity contribution < 1.29 is 4.74 Å². The number of hydrogen-bond acceptors (Lipinski definition) is 3. The third-order valence-electron chi connectivity index (χ3n) is 3.27. The molecule has 4 nitrogen and oxygen atoms in total. The van der Waals surface area contributed by atoms with Crippen molar-refractivity contribution >= 4 is 110 Å². The molecule has 0 bridgehead atoms. The van der Waals surface area contributed by atoms with E-state index in [4.69, 9.17) is 27.5 Å². The van der Waals surface area contributed by atoms with Gasteiger partial charge in [0.05, 0.1) is 14.1 Å². The number of hydrogen-bond donors (Lipinski definition) is 2. The van der Waals surface area contributed by atoms with Gasteiger partial charge in [-0.2, -0.15) is 0 Å². The van der Waals surface area contributed by atoms with Crippen LogP contribution in [-0.2, 0) is 4.74 Å². The zero-order chi connectivity index (χ0) is 20.0. The summed E-state index contributed by atoms with van der Waals surface area (Å²) in [5.41, 5.74) is 7.87. The summed E-state index contributed by atoms with van der Waals surface area (Å²) < 4.78 is 12.0. The van der Waals surface area contributed by atoms with E-state index in [0.717, 1.165) is 16.5 Å². The first-order chi connectivity index (χ1) is 12.9. The lowest BCUT2D eigenvalue weighted by molar-refractivity contribution is 0.360. The highest BCUT2D eigenvalue weighted by Gasteiger charge is 2.16. The molecular weight excluding hydrogens is 770 g/mol. The Balaban J connectivity index is 2.29. The van der Waals surface area contributed by atoms with Crippen molar-refractivity contribution in [1.29, 1.82) is 5.41 Å². The first kappa shape index (κ1) is 23.5. The van der Waals surface area contributed by atoms with Crippen molar-refractivity contribution in [2.24, 2.45) is 10.7 Å². The second kappa shape index (κ2) is 11.4. The minimum Gasteiger partial charge on any atom is -0.382 e. The van der Waals surface area contributed by atoms with Crippen molar-refractivity contribution in [2.45, 2.75) is 6.92 Å². The summed E-state index contributed by atoms with van der Waals surface area (Å²) in [6, 6.07) is 5.52. The second-order valence-corrected chi connectivity index (χ2v) is 13.8.